The topological polar surface area (TPSA) is 103 Å². The van der Waals surface area contributed by atoms with Crippen LogP contribution in [0.5, 0.6) is 17.2 Å². The summed E-state index contributed by atoms with van der Waals surface area (Å²) in [4.78, 5) is 12.1. The van der Waals surface area contributed by atoms with E-state index in [0.29, 0.717) is 18.5 Å². The normalized spacial score (nSPS) is 11.2. The van der Waals surface area contributed by atoms with Crippen LogP contribution < -0.4 is 10.1 Å². The highest BCUT2D eigenvalue weighted by Gasteiger charge is 2.07. The van der Waals surface area contributed by atoms with Crippen LogP contribution in [0.2, 0.25) is 0 Å². The summed E-state index contributed by atoms with van der Waals surface area (Å²) in [5, 5.41) is 30.7. The summed E-state index contributed by atoms with van der Waals surface area (Å²) in [7, 11) is 1.59. The predicted molar refractivity (Wildman–Crippen MR) is 102 cm³/mol. The van der Waals surface area contributed by atoms with Crippen LogP contribution in [-0.2, 0) is 11.2 Å². The second kappa shape index (κ2) is 9.68. The fraction of sp³-hybridized carbons (Fsp3) is 0.143. The number of nitriles is 1. The molecule has 0 fully saturated rings. The molecule has 0 radical (unpaired) electrons. The van der Waals surface area contributed by atoms with Crippen LogP contribution in [0.3, 0.4) is 0 Å². The largest absolute Gasteiger partial charge is 0.508 e. The molecule has 0 heterocycles. The lowest BCUT2D eigenvalue weighted by atomic mass is 10.1. The van der Waals surface area contributed by atoms with Crippen LogP contribution in [-0.4, -0.2) is 29.8 Å². The van der Waals surface area contributed by atoms with Crippen molar-refractivity contribution in [3.8, 4) is 23.3 Å². The number of carbonyl (C=O) groups excluding carboxylic acids is 1. The first-order valence-electron chi connectivity index (χ1n) is 8.24. The van der Waals surface area contributed by atoms with Gasteiger partial charge in [0.05, 0.1) is 7.11 Å². The van der Waals surface area contributed by atoms with Gasteiger partial charge in [0, 0.05) is 12.6 Å². The van der Waals surface area contributed by atoms with E-state index in [4.69, 9.17) is 10.00 Å². The van der Waals surface area contributed by atoms with Crippen LogP contribution >= 0.6 is 0 Å². The van der Waals surface area contributed by atoms with E-state index in [2.05, 4.69) is 5.32 Å². The lowest BCUT2D eigenvalue weighted by Crippen LogP contribution is -2.26. The highest BCUT2D eigenvalue weighted by atomic mass is 16.5. The summed E-state index contributed by atoms with van der Waals surface area (Å²) in [6.45, 7) is 0.384. The molecule has 2 aromatic carbocycles. The van der Waals surface area contributed by atoms with E-state index in [1.54, 1.807) is 13.2 Å². The van der Waals surface area contributed by atoms with E-state index < -0.39 is 5.91 Å². The van der Waals surface area contributed by atoms with E-state index in [1.165, 1.54) is 30.4 Å². The van der Waals surface area contributed by atoms with Gasteiger partial charge in [0.25, 0.3) is 5.91 Å². The highest BCUT2D eigenvalue weighted by molar-refractivity contribution is 5.97. The molecule has 0 saturated carbocycles. The first kappa shape index (κ1) is 19.6. The molecule has 0 aliphatic carbocycles. The number of hydrogen-bond donors (Lipinski definition) is 3. The van der Waals surface area contributed by atoms with Crippen molar-refractivity contribution in [2.75, 3.05) is 13.7 Å². The summed E-state index contributed by atoms with van der Waals surface area (Å²) >= 11 is 0. The van der Waals surface area contributed by atoms with Gasteiger partial charge in [0.15, 0.2) is 0 Å². The van der Waals surface area contributed by atoms with Gasteiger partial charge >= 0.3 is 0 Å². The molecule has 0 unspecified atom stereocenters. The van der Waals surface area contributed by atoms with E-state index >= 15 is 0 Å². The Morgan fingerprint density at radius 1 is 1.22 bits per heavy atom. The Morgan fingerprint density at radius 3 is 2.63 bits per heavy atom. The Kier molecular flexibility index (Phi) is 7.03. The highest BCUT2D eigenvalue weighted by Crippen LogP contribution is 2.21. The molecule has 0 spiro atoms. The van der Waals surface area contributed by atoms with Crippen molar-refractivity contribution in [1.82, 2.24) is 5.32 Å². The number of hydrogen-bond acceptors (Lipinski definition) is 5. The fourth-order valence-corrected chi connectivity index (χ4v) is 2.38. The number of aromatic hydroxyl groups is 2. The van der Waals surface area contributed by atoms with Gasteiger partial charge < -0.3 is 20.3 Å². The number of nitrogens with one attached hydrogen (secondary N) is 1. The number of ether oxygens (including phenoxy) is 1. The van der Waals surface area contributed by atoms with Crippen molar-refractivity contribution in [2.24, 2.45) is 0 Å². The number of rotatable bonds is 7. The maximum Gasteiger partial charge on any atom is 0.261 e. The SMILES string of the molecule is COc1cccc(CCNC(=O)/C(C#N)=C/C=C/c2cc(O)cc(O)c2)c1. The minimum absolute atomic E-state index is 0.0405. The number of benzene rings is 2. The zero-order valence-corrected chi connectivity index (χ0v) is 14.8. The molecule has 6 nitrogen and oxygen atoms in total. The number of phenolic OH excluding ortho intramolecular Hbond substituents is 2. The van der Waals surface area contributed by atoms with Gasteiger partial charge in [-0.3, -0.25) is 4.79 Å². The van der Waals surface area contributed by atoms with E-state index in [1.807, 2.05) is 30.3 Å². The fourth-order valence-electron chi connectivity index (χ4n) is 2.38. The van der Waals surface area contributed by atoms with Crippen LogP contribution in [0.15, 0.2) is 60.2 Å². The number of amides is 1. The second-order valence-corrected chi connectivity index (χ2v) is 5.69. The monoisotopic (exact) mass is 364 g/mol. The van der Waals surface area contributed by atoms with Crippen LogP contribution in [0, 0.1) is 11.3 Å². The summed E-state index contributed by atoms with van der Waals surface area (Å²) in [6.07, 6.45) is 5.07. The Morgan fingerprint density at radius 2 is 1.96 bits per heavy atom. The summed E-state index contributed by atoms with van der Waals surface area (Å²) in [5.74, 6) is 0.132. The zero-order valence-electron chi connectivity index (χ0n) is 14.8. The Balaban J connectivity index is 1.93. The quantitative estimate of drug-likeness (QED) is 0.398. The third kappa shape index (κ3) is 6.25. The van der Waals surface area contributed by atoms with Crippen LogP contribution in [0.1, 0.15) is 11.1 Å². The molecule has 27 heavy (non-hydrogen) atoms. The average Bonchev–Trinajstić information content (AvgIpc) is 2.64. The second-order valence-electron chi connectivity index (χ2n) is 5.69. The molecule has 2 rings (SSSR count). The minimum Gasteiger partial charge on any atom is -0.508 e. The molecule has 0 aliphatic rings. The van der Waals surface area contributed by atoms with Gasteiger partial charge in [0.2, 0.25) is 0 Å². The summed E-state index contributed by atoms with van der Waals surface area (Å²) in [5.41, 5.74) is 1.52. The smallest absolute Gasteiger partial charge is 0.261 e. The van der Waals surface area contributed by atoms with Crippen molar-refractivity contribution < 1.29 is 19.7 Å². The van der Waals surface area contributed by atoms with Crippen molar-refractivity contribution in [1.29, 1.82) is 5.26 Å². The zero-order chi connectivity index (χ0) is 19.6. The Hall–Kier alpha value is -3.72. The van der Waals surface area contributed by atoms with Crippen LogP contribution in [0.4, 0.5) is 0 Å². The van der Waals surface area contributed by atoms with Gasteiger partial charge in [-0.25, -0.2) is 0 Å². The van der Waals surface area contributed by atoms with E-state index in [0.717, 1.165) is 11.3 Å². The minimum atomic E-state index is -0.469. The first-order chi connectivity index (χ1) is 13.0. The molecule has 0 saturated heterocycles. The lowest BCUT2D eigenvalue weighted by Gasteiger charge is -2.06. The Labute approximate surface area is 157 Å². The molecule has 138 valence electrons. The third-order valence-corrected chi connectivity index (χ3v) is 3.67. The molecule has 0 bridgehead atoms. The van der Waals surface area contributed by atoms with Gasteiger partial charge in [-0.1, -0.05) is 24.3 Å². The van der Waals surface area contributed by atoms with Gasteiger partial charge in [-0.15, -0.1) is 0 Å². The molecular weight excluding hydrogens is 344 g/mol. The van der Waals surface area contributed by atoms with Crippen LogP contribution in [0.25, 0.3) is 6.08 Å². The van der Waals surface area contributed by atoms with Crippen molar-refractivity contribution in [3.05, 3.63) is 71.3 Å². The number of nitrogens with zero attached hydrogens (tertiary/aromatic N) is 1. The van der Waals surface area contributed by atoms with Gasteiger partial charge in [-0.05, 0) is 47.9 Å². The molecule has 0 atom stereocenters. The van der Waals surface area contributed by atoms with Crippen molar-refractivity contribution >= 4 is 12.0 Å². The molecule has 3 N–H and O–H groups in total. The maximum atomic E-state index is 12.1. The van der Waals surface area contributed by atoms with Crippen molar-refractivity contribution in [2.45, 2.75) is 6.42 Å². The molecule has 0 aliphatic heterocycles. The van der Waals surface area contributed by atoms with E-state index in [-0.39, 0.29) is 17.1 Å². The standard InChI is InChI=1S/C21H20N2O4/c1-27-20-7-3-4-15(12-20)8-9-23-21(26)17(14-22)6-2-5-16-10-18(24)13-19(25)11-16/h2-7,10-13,24-25H,8-9H2,1H3,(H,23,26)/b5-2+,17-6+. The number of methoxy groups -OCH3 is 1. The molecule has 2 aromatic rings. The first-order valence-corrected chi connectivity index (χ1v) is 8.24. The number of carbonyl (C=O) groups is 1. The van der Waals surface area contributed by atoms with E-state index in [9.17, 15) is 15.0 Å². The number of phenols is 2. The predicted octanol–water partition coefficient (Wildman–Crippen LogP) is 2.93. The van der Waals surface area contributed by atoms with Gasteiger partial charge in [-0.2, -0.15) is 5.26 Å². The summed E-state index contributed by atoms with van der Waals surface area (Å²) < 4.78 is 5.15. The van der Waals surface area contributed by atoms with Gasteiger partial charge in [0.1, 0.15) is 28.9 Å². The molecule has 6 heteroatoms. The average molecular weight is 364 g/mol. The van der Waals surface area contributed by atoms with Crippen molar-refractivity contribution in [3.63, 3.8) is 0 Å². The molecule has 1 amide bonds. The maximum absolute atomic E-state index is 12.1. The lowest BCUT2D eigenvalue weighted by molar-refractivity contribution is -0.117. The number of allylic oxidation sites excluding steroid dienone is 2. The summed E-state index contributed by atoms with van der Waals surface area (Å²) in [6, 6.07) is 13.5. The molecule has 0 aromatic heterocycles. The third-order valence-electron chi connectivity index (χ3n) is 3.67. The molecular formula is C21H20N2O4. The Bertz CT molecular complexity index is 890.